The maximum atomic E-state index is 10.5. The standard InChI is InChI=1S/C13H17NO3/c1-14-7-6-13(16)10(8-14)12(15)9-4-2-3-5-11(9)17-13/h2-5,10,12,15-16H,6-8H2,1H3. The lowest BCUT2D eigenvalue weighted by Crippen LogP contribution is -2.58. The van der Waals surface area contributed by atoms with Crippen molar-refractivity contribution in [2.24, 2.45) is 5.92 Å². The number of nitrogens with zero attached hydrogens (tertiary/aromatic N) is 1. The molecule has 2 aliphatic heterocycles. The molecule has 2 heterocycles. The lowest BCUT2D eigenvalue weighted by Gasteiger charge is -2.48. The van der Waals surface area contributed by atoms with Gasteiger partial charge in [-0.25, -0.2) is 0 Å². The van der Waals surface area contributed by atoms with Gasteiger partial charge in [-0.1, -0.05) is 18.2 Å². The van der Waals surface area contributed by atoms with Gasteiger partial charge < -0.3 is 19.8 Å². The number of rotatable bonds is 0. The molecule has 0 radical (unpaired) electrons. The molecule has 3 rings (SSSR count). The molecule has 0 aromatic heterocycles. The molecule has 92 valence electrons. The van der Waals surface area contributed by atoms with E-state index in [0.29, 0.717) is 18.7 Å². The van der Waals surface area contributed by atoms with E-state index in [1.54, 1.807) is 6.07 Å². The van der Waals surface area contributed by atoms with E-state index in [1.165, 1.54) is 0 Å². The molecule has 4 nitrogen and oxygen atoms in total. The molecular formula is C13H17NO3. The lowest BCUT2D eigenvalue weighted by molar-refractivity contribution is -0.239. The zero-order chi connectivity index (χ0) is 12.0. The lowest BCUT2D eigenvalue weighted by atomic mass is 9.81. The fourth-order valence-corrected chi connectivity index (χ4v) is 2.80. The van der Waals surface area contributed by atoms with Crippen molar-refractivity contribution >= 4 is 0 Å². The Kier molecular flexibility index (Phi) is 2.40. The van der Waals surface area contributed by atoms with E-state index in [-0.39, 0.29) is 5.92 Å². The molecule has 1 fully saturated rings. The Morgan fingerprint density at radius 1 is 1.41 bits per heavy atom. The van der Waals surface area contributed by atoms with Gasteiger partial charge in [-0.05, 0) is 13.1 Å². The Morgan fingerprint density at radius 2 is 2.18 bits per heavy atom. The van der Waals surface area contributed by atoms with Gasteiger partial charge in [-0.2, -0.15) is 0 Å². The van der Waals surface area contributed by atoms with Crippen molar-refractivity contribution in [1.29, 1.82) is 0 Å². The number of aliphatic hydroxyl groups excluding tert-OH is 1. The van der Waals surface area contributed by atoms with Crippen LogP contribution >= 0.6 is 0 Å². The summed E-state index contributed by atoms with van der Waals surface area (Å²) < 4.78 is 5.71. The van der Waals surface area contributed by atoms with Crippen LogP contribution in [0.2, 0.25) is 0 Å². The molecule has 0 aliphatic carbocycles. The highest BCUT2D eigenvalue weighted by atomic mass is 16.6. The maximum absolute atomic E-state index is 10.5. The summed E-state index contributed by atoms with van der Waals surface area (Å²) in [6.07, 6.45) is -0.132. The van der Waals surface area contributed by atoms with Crippen LogP contribution in [0.4, 0.5) is 0 Å². The normalized spacial score (nSPS) is 36.9. The predicted octanol–water partition coefficient (Wildman–Crippen LogP) is 0.753. The first kappa shape index (κ1) is 11.0. The van der Waals surface area contributed by atoms with Crippen LogP contribution in [-0.4, -0.2) is 41.0 Å². The van der Waals surface area contributed by atoms with E-state index in [1.807, 2.05) is 25.2 Å². The van der Waals surface area contributed by atoms with Gasteiger partial charge in [-0.15, -0.1) is 0 Å². The number of piperidine rings is 1. The first-order valence-electron chi connectivity index (χ1n) is 5.97. The summed E-state index contributed by atoms with van der Waals surface area (Å²) in [6, 6.07) is 7.38. The molecule has 0 bridgehead atoms. The molecule has 2 aliphatic rings. The van der Waals surface area contributed by atoms with E-state index in [0.717, 1.165) is 12.1 Å². The second-order valence-electron chi connectivity index (χ2n) is 5.05. The minimum Gasteiger partial charge on any atom is -0.462 e. The molecule has 3 atom stereocenters. The first-order valence-corrected chi connectivity index (χ1v) is 5.97. The van der Waals surface area contributed by atoms with Crippen molar-refractivity contribution in [2.75, 3.05) is 20.1 Å². The van der Waals surface area contributed by atoms with Crippen LogP contribution in [-0.2, 0) is 0 Å². The first-order chi connectivity index (χ1) is 8.10. The third-order valence-electron chi connectivity index (χ3n) is 3.84. The molecule has 2 N–H and O–H groups in total. The van der Waals surface area contributed by atoms with Gasteiger partial charge in [0.1, 0.15) is 5.75 Å². The van der Waals surface area contributed by atoms with E-state index in [9.17, 15) is 10.2 Å². The number of hydrogen-bond donors (Lipinski definition) is 2. The fraction of sp³-hybridized carbons (Fsp3) is 0.538. The summed E-state index contributed by atoms with van der Waals surface area (Å²) in [5.41, 5.74) is 0.775. The van der Waals surface area contributed by atoms with Gasteiger partial charge >= 0.3 is 0 Å². The van der Waals surface area contributed by atoms with E-state index >= 15 is 0 Å². The molecule has 3 unspecified atom stereocenters. The number of fused-ring (bicyclic) bond motifs is 2. The van der Waals surface area contributed by atoms with Gasteiger partial charge in [0.2, 0.25) is 5.79 Å². The number of likely N-dealkylation sites (tertiary alicyclic amines) is 1. The van der Waals surface area contributed by atoms with Crippen LogP contribution in [0.25, 0.3) is 0 Å². The summed E-state index contributed by atoms with van der Waals surface area (Å²) in [5, 5.41) is 20.9. The van der Waals surface area contributed by atoms with E-state index in [2.05, 4.69) is 4.90 Å². The third-order valence-corrected chi connectivity index (χ3v) is 3.84. The molecule has 0 spiro atoms. The molecule has 4 heteroatoms. The summed E-state index contributed by atoms with van der Waals surface area (Å²) in [4.78, 5) is 2.11. The van der Waals surface area contributed by atoms with Crippen LogP contribution in [0.5, 0.6) is 5.75 Å². The highest BCUT2D eigenvalue weighted by Crippen LogP contribution is 2.45. The summed E-state index contributed by atoms with van der Waals surface area (Å²) in [5.74, 6) is -0.903. The molecule has 1 saturated heterocycles. The highest BCUT2D eigenvalue weighted by Gasteiger charge is 2.50. The van der Waals surface area contributed by atoms with Crippen molar-refractivity contribution in [3.63, 3.8) is 0 Å². The Bertz CT molecular complexity index is 436. The zero-order valence-corrected chi connectivity index (χ0v) is 9.84. The average molecular weight is 235 g/mol. The SMILES string of the molecule is CN1CCC2(O)Oc3ccccc3C(O)C2C1. The van der Waals surface area contributed by atoms with Gasteiger partial charge in [-0.3, -0.25) is 0 Å². The Hall–Kier alpha value is -1.10. The van der Waals surface area contributed by atoms with Gasteiger partial charge in [0.15, 0.2) is 0 Å². The number of benzene rings is 1. The second-order valence-corrected chi connectivity index (χ2v) is 5.05. The van der Waals surface area contributed by atoms with Crippen molar-refractivity contribution < 1.29 is 14.9 Å². The summed E-state index contributed by atoms with van der Waals surface area (Å²) in [6.45, 7) is 1.42. The third kappa shape index (κ3) is 1.64. The minimum atomic E-state index is -1.22. The minimum absolute atomic E-state index is 0.281. The smallest absolute Gasteiger partial charge is 0.216 e. The molecule has 0 amide bonds. The number of hydrogen-bond acceptors (Lipinski definition) is 4. The molecule has 17 heavy (non-hydrogen) atoms. The predicted molar refractivity (Wildman–Crippen MR) is 62.6 cm³/mol. The monoisotopic (exact) mass is 235 g/mol. The Balaban J connectivity index is 2.02. The van der Waals surface area contributed by atoms with Crippen molar-refractivity contribution in [1.82, 2.24) is 4.90 Å². The van der Waals surface area contributed by atoms with Crippen LogP contribution in [0.3, 0.4) is 0 Å². The van der Waals surface area contributed by atoms with Crippen LogP contribution in [0.1, 0.15) is 18.1 Å². The zero-order valence-electron chi connectivity index (χ0n) is 9.84. The van der Waals surface area contributed by atoms with Crippen LogP contribution in [0, 0.1) is 5.92 Å². The Morgan fingerprint density at radius 3 is 3.00 bits per heavy atom. The van der Waals surface area contributed by atoms with Crippen molar-refractivity contribution in [3.8, 4) is 5.75 Å². The van der Waals surface area contributed by atoms with Crippen molar-refractivity contribution in [3.05, 3.63) is 29.8 Å². The molecular weight excluding hydrogens is 218 g/mol. The number of aliphatic hydroxyl groups is 2. The fourth-order valence-electron chi connectivity index (χ4n) is 2.80. The quantitative estimate of drug-likeness (QED) is 0.697. The van der Waals surface area contributed by atoms with E-state index in [4.69, 9.17) is 4.74 Å². The van der Waals surface area contributed by atoms with Crippen LogP contribution < -0.4 is 4.74 Å². The van der Waals surface area contributed by atoms with Crippen molar-refractivity contribution in [2.45, 2.75) is 18.3 Å². The van der Waals surface area contributed by atoms with Gasteiger partial charge in [0.25, 0.3) is 0 Å². The summed E-state index contributed by atoms with van der Waals surface area (Å²) in [7, 11) is 1.99. The molecule has 0 saturated carbocycles. The van der Waals surface area contributed by atoms with Gasteiger partial charge in [0.05, 0.1) is 12.0 Å². The molecule has 1 aromatic rings. The van der Waals surface area contributed by atoms with Crippen LogP contribution in [0.15, 0.2) is 24.3 Å². The second kappa shape index (κ2) is 3.70. The Labute approximate surface area is 100 Å². The van der Waals surface area contributed by atoms with Gasteiger partial charge in [0, 0.05) is 25.1 Å². The summed E-state index contributed by atoms with van der Waals surface area (Å²) >= 11 is 0. The topological polar surface area (TPSA) is 52.9 Å². The largest absolute Gasteiger partial charge is 0.462 e. The highest BCUT2D eigenvalue weighted by molar-refractivity contribution is 5.38. The maximum Gasteiger partial charge on any atom is 0.216 e. The average Bonchev–Trinajstić information content (AvgIpc) is 2.32. The number of ether oxygens (including phenoxy) is 1. The number of para-hydroxylation sites is 1. The molecule has 1 aromatic carbocycles. The van der Waals surface area contributed by atoms with E-state index < -0.39 is 11.9 Å².